The predicted octanol–water partition coefficient (Wildman–Crippen LogP) is 1.62. The maximum absolute atomic E-state index is 12.4. The summed E-state index contributed by atoms with van der Waals surface area (Å²) in [5.41, 5.74) is 5.68. The molecular weight excluding hydrogens is 210 g/mol. The first-order valence-electron chi connectivity index (χ1n) is 6.06. The van der Waals surface area contributed by atoms with Gasteiger partial charge in [-0.3, -0.25) is 0 Å². The number of sulfone groups is 1. The van der Waals surface area contributed by atoms with Crippen molar-refractivity contribution in [3.05, 3.63) is 0 Å². The van der Waals surface area contributed by atoms with E-state index in [4.69, 9.17) is 5.73 Å². The van der Waals surface area contributed by atoms with Crippen LogP contribution in [0.3, 0.4) is 0 Å². The van der Waals surface area contributed by atoms with Gasteiger partial charge in [-0.15, -0.1) is 0 Å². The van der Waals surface area contributed by atoms with E-state index < -0.39 is 14.6 Å². The molecule has 0 amide bonds. The van der Waals surface area contributed by atoms with Crippen molar-refractivity contribution in [3.8, 4) is 0 Å². The second-order valence-electron chi connectivity index (χ2n) is 5.05. The highest BCUT2D eigenvalue weighted by atomic mass is 32.2. The zero-order valence-electron chi connectivity index (χ0n) is 9.24. The maximum atomic E-state index is 12.4. The fourth-order valence-corrected chi connectivity index (χ4v) is 5.66. The highest BCUT2D eigenvalue weighted by Gasteiger charge is 2.50. The molecule has 0 aliphatic heterocycles. The Morgan fingerprint density at radius 2 is 1.67 bits per heavy atom. The molecule has 3 nitrogen and oxygen atoms in total. The van der Waals surface area contributed by atoms with Crippen LogP contribution in [-0.2, 0) is 9.84 Å². The van der Waals surface area contributed by atoms with Crippen molar-refractivity contribution in [2.24, 2.45) is 5.73 Å². The maximum Gasteiger partial charge on any atom is 0.160 e. The molecule has 15 heavy (non-hydrogen) atoms. The second kappa shape index (κ2) is 4.06. The van der Waals surface area contributed by atoms with Gasteiger partial charge >= 0.3 is 0 Å². The van der Waals surface area contributed by atoms with Crippen LogP contribution in [0, 0.1) is 0 Å². The van der Waals surface area contributed by atoms with Crippen LogP contribution in [0.2, 0.25) is 0 Å². The van der Waals surface area contributed by atoms with E-state index in [0.717, 1.165) is 44.9 Å². The van der Waals surface area contributed by atoms with Gasteiger partial charge in [0.15, 0.2) is 9.84 Å². The monoisotopic (exact) mass is 231 g/mol. The summed E-state index contributed by atoms with van der Waals surface area (Å²) in [5.74, 6) is 0. The van der Waals surface area contributed by atoms with Crippen molar-refractivity contribution in [2.45, 2.75) is 61.4 Å². The van der Waals surface area contributed by atoms with Gasteiger partial charge in [-0.2, -0.15) is 0 Å². The second-order valence-corrected chi connectivity index (χ2v) is 7.67. The fourth-order valence-electron chi connectivity index (χ4n) is 2.90. The molecule has 88 valence electrons. The average molecular weight is 231 g/mol. The quantitative estimate of drug-likeness (QED) is 0.803. The van der Waals surface area contributed by atoms with Crippen LogP contribution in [0.4, 0.5) is 0 Å². The lowest BCUT2D eigenvalue weighted by molar-refractivity contribution is 0.334. The predicted molar refractivity (Wildman–Crippen MR) is 61.4 cm³/mol. The van der Waals surface area contributed by atoms with Crippen LogP contribution in [0.25, 0.3) is 0 Å². The summed E-state index contributed by atoms with van der Waals surface area (Å²) in [4.78, 5) is 0. The molecule has 0 aromatic rings. The molecule has 0 unspecified atom stereocenters. The molecule has 0 saturated heterocycles. The van der Waals surface area contributed by atoms with Crippen molar-refractivity contribution in [1.29, 1.82) is 0 Å². The van der Waals surface area contributed by atoms with E-state index in [1.54, 1.807) is 0 Å². The lowest BCUT2D eigenvalue weighted by Gasteiger charge is -2.43. The van der Waals surface area contributed by atoms with E-state index in [9.17, 15) is 8.42 Å². The SMILES string of the molecule is NCC1(S(=O)(=O)C2CCCCC2)CCC1. The Balaban J connectivity index is 2.17. The van der Waals surface area contributed by atoms with Gasteiger partial charge in [-0.05, 0) is 25.7 Å². The molecule has 2 aliphatic rings. The van der Waals surface area contributed by atoms with E-state index in [-0.39, 0.29) is 5.25 Å². The molecule has 0 heterocycles. The van der Waals surface area contributed by atoms with Crippen LogP contribution >= 0.6 is 0 Å². The first kappa shape index (κ1) is 11.4. The van der Waals surface area contributed by atoms with Crippen LogP contribution in [0.15, 0.2) is 0 Å². The van der Waals surface area contributed by atoms with Gasteiger partial charge in [0.1, 0.15) is 0 Å². The van der Waals surface area contributed by atoms with Crippen LogP contribution < -0.4 is 5.73 Å². The van der Waals surface area contributed by atoms with Crippen molar-refractivity contribution in [3.63, 3.8) is 0 Å². The lowest BCUT2D eigenvalue weighted by atomic mass is 9.84. The Morgan fingerprint density at radius 3 is 2.07 bits per heavy atom. The molecule has 2 saturated carbocycles. The van der Waals surface area contributed by atoms with Gasteiger partial charge < -0.3 is 5.73 Å². The molecule has 0 aromatic heterocycles. The number of nitrogens with two attached hydrogens (primary N) is 1. The molecule has 2 fully saturated rings. The van der Waals surface area contributed by atoms with E-state index in [2.05, 4.69) is 0 Å². The van der Waals surface area contributed by atoms with E-state index in [1.807, 2.05) is 0 Å². The summed E-state index contributed by atoms with van der Waals surface area (Å²) in [6.45, 7) is 0.325. The van der Waals surface area contributed by atoms with Gasteiger partial charge in [0, 0.05) is 6.54 Å². The molecule has 0 aromatic carbocycles. The zero-order chi connectivity index (χ0) is 10.9. The summed E-state index contributed by atoms with van der Waals surface area (Å²) >= 11 is 0. The Labute approximate surface area is 92.3 Å². The van der Waals surface area contributed by atoms with Crippen molar-refractivity contribution in [2.75, 3.05) is 6.54 Å². The molecule has 0 atom stereocenters. The van der Waals surface area contributed by atoms with Crippen molar-refractivity contribution >= 4 is 9.84 Å². The third-order valence-corrected chi connectivity index (χ3v) is 7.36. The highest BCUT2D eigenvalue weighted by molar-refractivity contribution is 7.93. The fraction of sp³-hybridized carbons (Fsp3) is 1.00. The van der Waals surface area contributed by atoms with Crippen molar-refractivity contribution < 1.29 is 8.42 Å². The largest absolute Gasteiger partial charge is 0.329 e. The van der Waals surface area contributed by atoms with Gasteiger partial charge in [-0.1, -0.05) is 25.7 Å². The zero-order valence-corrected chi connectivity index (χ0v) is 10.1. The smallest absolute Gasteiger partial charge is 0.160 e. The Morgan fingerprint density at radius 1 is 1.07 bits per heavy atom. The normalized spacial score (nSPS) is 27.3. The minimum Gasteiger partial charge on any atom is -0.329 e. The first-order valence-corrected chi connectivity index (χ1v) is 7.60. The highest BCUT2D eigenvalue weighted by Crippen LogP contribution is 2.43. The standard InChI is InChI=1S/C11H21NO2S/c12-9-11(7-4-8-11)15(13,14)10-5-2-1-3-6-10/h10H,1-9,12H2. The molecule has 2 rings (SSSR count). The Hall–Kier alpha value is -0.0900. The van der Waals surface area contributed by atoms with Gasteiger partial charge in [0.25, 0.3) is 0 Å². The minimum atomic E-state index is -2.96. The van der Waals surface area contributed by atoms with Crippen LogP contribution in [0.1, 0.15) is 51.4 Å². The van der Waals surface area contributed by atoms with E-state index in [1.165, 1.54) is 6.42 Å². The summed E-state index contributed by atoms with van der Waals surface area (Å²) in [6, 6.07) is 0. The summed E-state index contributed by atoms with van der Waals surface area (Å²) in [6.07, 6.45) is 7.69. The topological polar surface area (TPSA) is 60.2 Å². The molecule has 0 spiro atoms. The van der Waals surface area contributed by atoms with Crippen LogP contribution in [0.5, 0.6) is 0 Å². The molecule has 2 aliphatic carbocycles. The third kappa shape index (κ3) is 1.72. The molecule has 2 N–H and O–H groups in total. The van der Waals surface area contributed by atoms with E-state index in [0.29, 0.717) is 6.54 Å². The molecule has 0 radical (unpaired) electrons. The first-order chi connectivity index (χ1) is 7.12. The van der Waals surface area contributed by atoms with Gasteiger partial charge in [0.2, 0.25) is 0 Å². The third-order valence-electron chi connectivity index (χ3n) is 4.23. The summed E-state index contributed by atoms with van der Waals surface area (Å²) in [5, 5.41) is -0.0879. The number of hydrogen-bond acceptors (Lipinski definition) is 3. The molecular formula is C11H21NO2S. The summed E-state index contributed by atoms with van der Waals surface area (Å²) in [7, 11) is -2.96. The van der Waals surface area contributed by atoms with E-state index >= 15 is 0 Å². The number of hydrogen-bond donors (Lipinski definition) is 1. The van der Waals surface area contributed by atoms with Gasteiger partial charge in [0.05, 0.1) is 10.00 Å². The summed E-state index contributed by atoms with van der Waals surface area (Å²) < 4.78 is 24.3. The number of rotatable bonds is 3. The van der Waals surface area contributed by atoms with Gasteiger partial charge in [-0.25, -0.2) is 8.42 Å². The Kier molecular flexibility index (Phi) is 3.08. The minimum absolute atomic E-state index is 0.0879. The Bertz CT molecular complexity index is 308. The lowest BCUT2D eigenvalue weighted by Crippen LogP contribution is -2.54. The van der Waals surface area contributed by atoms with Crippen LogP contribution in [-0.4, -0.2) is 25.0 Å². The van der Waals surface area contributed by atoms with Crippen molar-refractivity contribution in [1.82, 2.24) is 0 Å². The molecule has 4 heteroatoms. The average Bonchev–Trinajstić information content (AvgIpc) is 2.18. The molecule has 0 bridgehead atoms.